The molecule has 2 rings (SSSR count). The summed E-state index contributed by atoms with van der Waals surface area (Å²) in [6, 6.07) is 0. The molecule has 0 aromatic heterocycles. The summed E-state index contributed by atoms with van der Waals surface area (Å²) in [5.41, 5.74) is 1.39. The van der Waals surface area contributed by atoms with Crippen LogP contribution < -0.4 is 0 Å². The van der Waals surface area contributed by atoms with Crippen LogP contribution >= 0.6 is 9.85 Å². The van der Waals surface area contributed by atoms with Crippen LogP contribution in [0.4, 0.5) is 0 Å². The topological polar surface area (TPSA) is 9.23 Å². The van der Waals surface area contributed by atoms with Gasteiger partial charge in [0.2, 0.25) is 0 Å². The third-order valence-electron chi connectivity index (χ3n) is 2.06. The van der Waals surface area contributed by atoms with Crippen molar-refractivity contribution in [3.63, 3.8) is 0 Å². The Morgan fingerprint density at radius 1 is 1.38 bits per heavy atom. The summed E-state index contributed by atoms with van der Waals surface area (Å²) in [5.74, 6) is 0. The summed E-state index contributed by atoms with van der Waals surface area (Å²) in [6.45, 7) is 4.12. The predicted molar refractivity (Wildman–Crippen MR) is 52.4 cm³/mol. The van der Waals surface area contributed by atoms with Crippen LogP contribution in [0.5, 0.6) is 0 Å². The van der Waals surface area contributed by atoms with E-state index in [-0.39, 0.29) is 15.3 Å². The molecule has 0 spiro atoms. The standard InChI is InChI=1S/C6H7.C4H8O.ClH.V/c1-6-4-2-3-5-6;1-2-4-5-3-1;;/h2,4H,3H2,1H3;1-4H2;1H;/q;;;+1/p-1. The molecule has 1 aliphatic carbocycles. The second-order valence-electron chi connectivity index (χ2n) is 3.14. The average Bonchev–Trinajstić information content (AvgIpc) is 2.76. The van der Waals surface area contributed by atoms with Gasteiger partial charge in [-0.2, -0.15) is 0 Å². The zero-order valence-corrected chi connectivity index (χ0v) is 10.1. The number of ether oxygens (including phenoxy) is 1. The van der Waals surface area contributed by atoms with E-state index in [2.05, 4.69) is 19.1 Å². The van der Waals surface area contributed by atoms with Gasteiger partial charge >= 0.3 is 60.5 Å². The van der Waals surface area contributed by atoms with Gasteiger partial charge in [-0.1, -0.05) is 0 Å². The van der Waals surface area contributed by atoms with Crippen molar-refractivity contribution in [3.8, 4) is 0 Å². The normalized spacial score (nSPS) is 20.2. The van der Waals surface area contributed by atoms with Crippen molar-refractivity contribution in [1.82, 2.24) is 0 Å². The first-order valence-corrected chi connectivity index (χ1v) is 7.22. The van der Waals surface area contributed by atoms with Gasteiger partial charge in [0, 0.05) is 13.2 Å². The van der Waals surface area contributed by atoms with Crippen molar-refractivity contribution in [2.24, 2.45) is 0 Å². The second kappa shape index (κ2) is 6.72. The first kappa shape index (κ1) is 11.4. The van der Waals surface area contributed by atoms with Gasteiger partial charge in [0.05, 0.1) is 0 Å². The number of hydrogen-bond acceptors (Lipinski definition) is 1. The molecule has 0 bridgehead atoms. The molecular formula is C10H15ClOV. The fourth-order valence-corrected chi connectivity index (χ4v) is 2.65. The fraction of sp³-hybridized carbons (Fsp3) is 0.600. The van der Waals surface area contributed by atoms with E-state index >= 15 is 0 Å². The molecule has 1 nitrogen and oxygen atoms in total. The van der Waals surface area contributed by atoms with Crippen molar-refractivity contribution in [1.29, 1.82) is 0 Å². The molecule has 1 aliphatic heterocycles. The molecule has 0 aromatic rings. The SMILES string of the molecule is C1CCOC1.CC1=[C]([V][Cl])CC=C1. The van der Waals surface area contributed by atoms with Crippen molar-refractivity contribution in [2.45, 2.75) is 26.2 Å². The third kappa shape index (κ3) is 4.37. The quantitative estimate of drug-likeness (QED) is 0.680. The van der Waals surface area contributed by atoms with Crippen molar-refractivity contribution < 1.29 is 20.1 Å². The van der Waals surface area contributed by atoms with Gasteiger partial charge in [-0.05, 0) is 12.8 Å². The van der Waals surface area contributed by atoms with Crippen LogP contribution in [0.1, 0.15) is 26.2 Å². The van der Waals surface area contributed by atoms with Crippen molar-refractivity contribution in [2.75, 3.05) is 13.2 Å². The summed E-state index contributed by atoms with van der Waals surface area (Å²) in [5, 5.41) is 0. The third-order valence-corrected chi connectivity index (χ3v) is 4.06. The zero-order chi connectivity index (χ0) is 9.52. The van der Waals surface area contributed by atoms with E-state index in [1.54, 1.807) is 0 Å². The summed E-state index contributed by atoms with van der Waals surface area (Å²) < 4.78 is 6.41. The van der Waals surface area contributed by atoms with Crippen molar-refractivity contribution in [3.05, 3.63) is 22.0 Å². The van der Waals surface area contributed by atoms with E-state index in [1.807, 2.05) is 0 Å². The van der Waals surface area contributed by atoms with Gasteiger partial charge < -0.3 is 4.74 Å². The molecule has 2 aliphatic rings. The van der Waals surface area contributed by atoms with Crippen LogP contribution in [0, 0.1) is 0 Å². The van der Waals surface area contributed by atoms with Gasteiger partial charge in [-0.3, -0.25) is 0 Å². The van der Waals surface area contributed by atoms with Crippen LogP contribution in [0.15, 0.2) is 22.0 Å². The molecule has 1 saturated heterocycles. The van der Waals surface area contributed by atoms with Gasteiger partial charge in [0.15, 0.2) is 0 Å². The number of hydrogen-bond donors (Lipinski definition) is 0. The molecule has 73 valence electrons. The monoisotopic (exact) mass is 237 g/mol. The molecule has 0 saturated carbocycles. The number of rotatable bonds is 1. The summed E-state index contributed by atoms with van der Waals surface area (Å²) in [6.07, 6.45) is 7.98. The van der Waals surface area contributed by atoms with Gasteiger partial charge in [0.1, 0.15) is 0 Å². The molecule has 1 heterocycles. The molecule has 0 atom stereocenters. The average molecular weight is 238 g/mol. The minimum atomic E-state index is -0.0229. The zero-order valence-electron chi connectivity index (χ0n) is 7.92. The van der Waals surface area contributed by atoms with E-state index < -0.39 is 0 Å². The first-order valence-electron chi connectivity index (χ1n) is 4.60. The van der Waals surface area contributed by atoms with E-state index in [4.69, 9.17) is 14.6 Å². The van der Waals surface area contributed by atoms with Crippen LogP contribution in [0.25, 0.3) is 0 Å². The fourth-order valence-electron chi connectivity index (χ4n) is 1.22. The van der Waals surface area contributed by atoms with Crippen molar-refractivity contribution >= 4 is 9.85 Å². The van der Waals surface area contributed by atoms with Crippen LogP contribution in [0.2, 0.25) is 0 Å². The Hall–Kier alpha value is 0.314. The Labute approximate surface area is 91.3 Å². The van der Waals surface area contributed by atoms with Crippen LogP contribution in [-0.4, -0.2) is 13.2 Å². The molecule has 3 heteroatoms. The van der Waals surface area contributed by atoms with E-state index in [9.17, 15) is 0 Å². The number of allylic oxidation sites excluding steroid dienone is 4. The Balaban J connectivity index is 0.000000145. The second-order valence-corrected chi connectivity index (χ2v) is 4.94. The number of halogens is 1. The molecule has 0 radical (unpaired) electrons. The molecule has 13 heavy (non-hydrogen) atoms. The van der Waals surface area contributed by atoms with E-state index in [0.29, 0.717) is 0 Å². The molecule has 0 unspecified atom stereocenters. The first-order chi connectivity index (χ1) is 6.34. The maximum atomic E-state index is 5.70. The molecule has 0 N–H and O–H groups in total. The summed E-state index contributed by atoms with van der Waals surface area (Å²) >= 11 is -0.0229. The van der Waals surface area contributed by atoms with Gasteiger partial charge in [-0.15, -0.1) is 0 Å². The van der Waals surface area contributed by atoms with E-state index in [0.717, 1.165) is 19.6 Å². The minimum absolute atomic E-state index is 0.0229. The maximum absolute atomic E-state index is 5.70. The summed E-state index contributed by atoms with van der Waals surface area (Å²) in [4.78, 5) is 0. The molecular weight excluding hydrogens is 223 g/mol. The Morgan fingerprint density at radius 3 is 2.31 bits per heavy atom. The van der Waals surface area contributed by atoms with Gasteiger partial charge in [0.25, 0.3) is 0 Å². The summed E-state index contributed by atoms with van der Waals surface area (Å²) in [7, 11) is 5.70. The Bertz CT molecular complexity index is 199. The molecule has 1 fully saturated rings. The van der Waals surface area contributed by atoms with Crippen LogP contribution in [-0.2, 0) is 20.1 Å². The molecule has 0 aromatic carbocycles. The predicted octanol–water partition coefficient (Wildman–Crippen LogP) is 3.25. The Morgan fingerprint density at radius 2 is 2.08 bits per heavy atom. The van der Waals surface area contributed by atoms with Crippen LogP contribution in [0.3, 0.4) is 0 Å². The molecule has 0 amide bonds. The van der Waals surface area contributed by atoms with Gasteiger partial charge in [-0.25, -0.2) is 0 Å². The van der Waals surface area contributed by atoms with E-state index in [1.165, 1.54) is 22.7 Å². The Kier molecular flexibility index (Phi) is 5.89.